The summed E-state index contributed by atoms with van der Waals surface area (Å²) in [5.41, 5.74) is 0.213. The van der Waals surface area contributed by atoms with Crippen LogP contribution in [0.2, 0.25) is 0 Å². The fourth-order valence-corrected chi connectivity index (χ4v) is 3.48. The number of ether oxygens (including phenoxy) is 1. The normalized spacial score (nSPS) is 21.9. The molecule has 2 unspecified atom stereocenters. The highest BCUT2D eigenvalue weighted by Gasteiger charge is 2.37. The van der Waals surface area contributed by atoms with Crippen LogP contribution in [0.5, 0.6) is 0 Å². The molecule has 1 aromatic rings. The SMILES string of the molecule is Cc1ccc(S(=O)(=O)OC2CN(C(=O)OC(C)(C)C)CCC2F)cc1. The van der Waals surface area contributed by atoms with Crippen molar-refractivity contribution in [3.8, 4) is 0 Å². The molecule has 0 aromatic heterocycles. The monoisotopic (exact) mass is 373 g/mol. The smallest absolute Gasteiger partial charge is 0.410 e. The van der Waals surface area contributed by atoms with Crippen LogP contribution in [0, 0.1) is 6.92 Å². The van der Waals surface area contributed by atoms with Gasteiger partial charge >= 0.3 is 6.09 Å². The first-order valence-electron chi connectivity index (χ1n) is 8.10. The maximum absolute atomic E-state index is 14.2. The van der Waals surface area contributed by atoms with Crippen molar-refractivity contribution in [1.82, 2.24) is 4.90 Å². The molecule has 1 saturated heterocycles. The van der Waals surface area contributed by atoms with Crippen molar-refractivity contribution in [3.05, 3.63) is 29.8 Å². The highest BCUT2D eigenvalue weighted by molar-refractivity contribution is 7.86. The van der Waals surface area contributed by atoms with E-state index in [4.69, 9.17) is 8.92 Å². The number of piperidine rings is 1. The van der Waals surface area contributed by atoms with E-state index in [1.165, 1.54) is 17.0 Å². The first kappa shape index (κ1) is 19.7. The van der Waals surface area contributed by atoms with Crippen molar-refractivity contribution in [2.24, 2.45) is 0 Å². The predicted octanol–water partition coefficient (Wildman–Crippen LogP) is 3.05. The molecule has 140 valence electrons. The summed E-state index contributed by atoms with van der Waals surface area (Å²) in [6, 6.07) is 6.09. The number of aryl methyl sites for hydroxylation is 1. The minimum atomic E-state index is -4.11. The maximum atomic E-state index is 14.2. The van der Waals surface area contributed by atoms with Gasteiger partial charge in [-0.25, -0.2) is 9.18 Å². The number of carbonyl (C=O) groups is 1. The molecule has 1 aliphatic rings. The maximum Gasteiger partial charge on any atom is 0.410 e. The average molecular weight is 373 g/mol. The summed E-state index contributed by atoms with van der Waals surface area (Å²) in [5, 5.41) is 0. The van der Waals surface area contributed by atoms with Crippen molar-refractivity contribution in [1.29, 1.82) is 0 Å². The molecule has 6 nitrogen and oxygen atoms in total. The second-order valence-electron chi connectivity index (χ2n) is 7.13. The summed E-state index contributed by atoms with van der Waals surface area (Å²) in [4.78, 5) is 13.3. The van der Waals surface area contributed by atoms with Gasteiger partial charge in [0.15, 0.2) is 0 Å². The molecule has 0 bridgehead atoms. The van der Waals surface area contributed by atoms with Crippen molar-refractivity contribution in [3.63, 3.8) is 0 Å². The number of amides is 1. The lowest BCUT2D eigenvalue weighted by molar-refractivity contribution is -0.0108. The first-order valence-corrected chi connectivity index (χ1v) is 9.51. The number of hydrogen-bond acceptors (Lipinski definition) is 5. The Morgan fingerprint density at radius 3 is 2.40 bits per heavy atom. The van der Waals surface area contributed by atoms with Crippen molar-refractivity contribution in [2.75, 3.05) is 13.1 Å². The minimum Gasteiger partial charge on any atom is -0.444 e. The van der Waals surface area contributed by atoms with Gasteiger partial charge in [0, 0.05) is 6.54 Å². The zero-order valence-electron chi connectivity index (χ0n) is 14.9. The number of nitrogens with zero attached hydrogens (tertiary/aromatic N) is 1. The molecule has 25 heavy (non-hydrogen) atoms. The molecule has 1 heterocycles. The zero-order chi connectivity index (χ0) is 18.8. The molecular formula is C17H24FNO5S. The molecule has 1 aromatic carbocycles. The van der Waals surface area contributed by atoms with Crippen LogP contribution in [0.15, 0.2) is 29.2 Å². The lowest BCUT2D eigenvalue weighted by Gasteiger charge is -2.35. The van der Waals surface area contributed by atoms with Gasteiger partial charge in [0.1, 0.15) is 17.9 Å². The van der Waals surface area contributed by atoms with Crippen LogP contribution in [0.4, 0.5) is 9.18 Å². The van der Waals surface area contributed by atoms with Gasteiger partial charge in [-0.3, -0.25) is 4.18 Å². The van der Waals surface area contributed by atoms with Crippen molar-refractivity contribution >= 4 is 16.2 Å². The number of rotatable bonds is 3. The molecule has 1 amide bonds. The Kier molecular flexibility index (Phi) is 5.73. The van der Waals surface area contributed by atoms with Gasteiger partial charge in [0.05, 0.1) is 11.4 Å². The predicted molar refractivity (Wildman–Crippen MR) is 90.6 cm³/mol. The molecule has 0 saturated carbocycles. The number of alkyl halides is 1. The fraction of sp³-hybridized carbons (Fsp3) is 0.588. The summed E-state index contributed by atoms with van der Waals surface area (Å²) < 4.78 is 49.2. The first-order chi connectivity index (χ1) is 11.5. The summed E-state index contributed by atoms with van der Waals surface area (Å²) in [7, 11) is -4.11. The van der Waals surface area contributed by atoms with E-state index in [0.29, 0.717) is 0 Å². The molecule has 0 radical (unpaired) electrons. The van der Waals surface area contributed by atoms with Gasteiger partial charge in [-0.2, -0.15) is 8.42 Å². The van der Waals surface area contributed by atoms with Crippen LogP contribution in [0.3, 0.4) is 0 Å². The van der Waals surface area contributed by atoms with E-state index in [9.17, 15) is 17.6 Å². The summed E-state index contributed by atoms with van der Waals surface area (Å²) in [6.45, 7) is 6.98. The van der Waals surface area contributed by atoms with Gasteiger partial charge in [-0.05, 0) is 46.2 Å². The number of likely N-dealkylation sites (tertiary alicyclic amines) is 1. The van der Waals surface area contributed by atoms with Crippen LogP contribution in [0.1, 0.15) is 32.8 Å². The number of benzene rings is 1. The molecule has 0 spiro atoms. The van der Waals surface area contributed by atoms with Crippen LogP contribution in [0.25, 0.3) is 0 Å². The lowest BCUT2D eigenvalue weighted by Crippen LogP contribution is -2.50. The Labute approximate surface area is 148 Å². The standard InChI is InChI=1S/C17H24FNO5S/c1-12-5-7-13(8-6-12)25(21,22)24-15-11-19(10-9-14(15)18)16(20)23-17(2,3)4/h5-8,14-15H,9-11H2,1-4H3. The topological polar surface area (TPSA) is 72.9 Å². The highest BCUT2D eigenvalue weighted by Crippen LogP contribution is 2.24. The van der Waals surface area contributed by atoms with E-state index in [0.717, 1.165) is 5.56 Å². The molecule has 0 aliphatic carbocycles. The van der Waals surface area contributed by atoms with Crippen LogP contribution < -0.4 is 0 Å². The Hall–Kier alpha value is -1.67. The van der Waals surface area contributed by atoms with Crippen LogP contribution in [-0.4, -0.2) is 50.4 Å². The fourth-order valence-electron chi connectivity index (χ4n) is 2.39. The van der Waals surface area contributed by atoms with E-state index < -0.39 is 34.1 Å². The number of carbonyl (C=O) groups excluding carboxylic acids is 1. The van der Waals surface area contributed by atoms with Crippen LogP contribution >= 0.6 is 0 Å². The van der Waals surface area contributed by atoms with Gasteiger partial charge in [-0.1, -0.05) is 17.7 Å². The molecular weight excluding hydrogens is 349 g/mol. The molecule has 2 rings (SSSR count). The quantitative estimate of drug-likeness (QED) is 0.762. The Morgan fingerprint density at radius 1 is 1.24 bits per heavy atom. The van der Waals surface area contributed by atoms with Gasteiger partial charge < -0.3 is 9.64 Å². The Morgan fingerprint density at radius 2 is 1.84 bits per heavy atom. The molecule has 0 N–H and O–H groups in total. The summed E-state index contributed by atoms with van der Waals surface area (Å²) in [5.74, 6) is 0. The van der Waals surface area contributed by atoms with E-state index in [1.807, 2.05) is 6.92 Å². The third-order valence-electron chi connectivity index (χ3n) is 3.69. The molecule has 8 heteroatoms. The van der Waals surface area contributed by atoms with Gasteiger partial charge in [-0.15, -0.1) is 0 Å². The van der Waals surface area contributed by atoms with E-state index in [-0.39, 0.29) is 24.4 Å². The second kappa shape index (κ2) is 7.29. The van der Waals surface area contributed by atoms with E-state index in [2.05, 4.69) is 0 Å². The largest absolute Gasteiger partial charge is 0.444 e. The zero-order valence-corrected chi connectivity index (χ0v) is 15.7. The average Bonchev–Trinajstić information content (AvgIpc) is 2.48. The van der Waals surface area contributed by atoms with E-state index in [1.54, 1.807) is 32.9 Å². The Balaban J connectivity index is 2.09. The third-order valence-corrected chi connectivity index (χ3v) is 5.04. The molecule has 2 atom stereocenters. The third kappa shape index (κ3) is 5.40. The van der Waals surface area contributed by atoms with Crippen molar-refractivity contribution < 1.29 is 26.5 Å². The minimum absolute atomic E-state index is 0.00662. The number of halogens is 1. The summed E-state index contributed by atoms with van der Waals surface area (Å²) >= 11 is 0. The Bertz CT molecular complexity index is 712. The summed E-state index contributed by atoms with van der Waals surface area (Å²) in [6.07, 6.45) is -3.35. The lowest BCUT2D eigenvalue weighted by atomic mass is 10.1. The van der Waals surface area contributed by atoms with Gasteiger partial charge in [0.25, 0.3) is 10.1 Å². The molecule has 1 fully saturated rings. The molecule has 1 aliphatic heterocycles. The highest BCUT2D eigenvalue weighted by atomic mass is 32.2. The van der Waals surface area contributed by atoms with Crippen LogP contribution in [-0.2, 0) is 19.0 Å². The van der Waals surface area contributed by atoms with Gasteiger partial charge in [0.2, 0.25) is 0 Å². The van der Waals surface area contributed by atoms with Crippen molar-refractivity contribution in [2.45, 2.75) is 56.9 Å². The van der Waals surface area contributed by atoms with E-state index >= 15 is 0 Å². The number of hydrogen-bond donors (Lipinski definition) is 0. The second-order valence-corrected chi connectivity index (χ2v) is 8.70.